The van der Waals surface area contributed by atoms with Crippen molar-refractivity contribution in [1.29, 1.82) is 5.26 Å². The number of piperidine rings is 1. The average Bonchev–Trinajstić information content (AvgIpc) is 3.06. The van der Waals surface area contributed by atoms with Crippen molar-refractivity contribution < 1.29 is 14.3 Å². The van der Waals surface area contributed by atoms with Gasteiger partial charge in [0.25, 0.3) is 11.5 Å². The molecule has 1 aromatic rings. The van der Waals surface area contributed by atoms with Crippen LogP contribution in [0.4, 0.5) is 5.82 Å². The third-order valence-corrected chi connectivity index (χ3v) is 7.28. The molecule has 2 aliphatic rings. The van der Waals surface area contributed by atoms with Gasteiger partial charge in [0.05, 0.1) is 17.4 Å². The molecule has 1 aromatic heterocycles. The van der Waals surface area contributed by atoms with Gasteiger partial charge in [0.2, 0.25) is 0 Å². The summed E-state index contributed by atoms with van der Waals surface area (Å²) in [6.45, 7) is 7.37. The predicted octanol–water partition coefficient (Wildman–Crippen LogP) is 2.96. The van der Waals surface area contributed by atoms with Crippen molar-refractivity contribution in [2.24, 2.45) is 13.0 Å². The number of amides is 1. The lowest BCUT2D eigenvalue weighted by atomic mass is 9.96. The maximum absolute atomic E-state index is 13.0. The second kappa shape index (κ2) is 10.5. The largest absolute Gasteiger partial charge is 0.466 e. The zero-order valence-electron chi connectivity index (χ0n) is 19.3. The number of carbonyl (C=O) groups is 2. The standard InChI is InChI=1S/C23H28N4O4S2/c1-5-9-27-21(29)18(33-23(27)32)11-16-14(3)17(12-24)20(28)25(4)19(16)26-10-7-8-15(13-26)22(30)31-6-2/h11,15H,5-10,13H2,1-4H3/b18-11+. The maximum atomic E-state index is 13.0. The molecule has 1 unspecified atom stereocenters. The van der Waals surface area contributed by atoms with E-state index in [4.69, 9.17) is 17.0 Å². The molecule has 0 saturated carbocycles. The number of nitrogens with zero attached hydrogens (tertiary/aromatic N) is 4. The molecule has 1 atom stereocenters. The molecule has 0 spiro atoms. The Morgan fingerprint density at radius 2 is 2.09 bits per heavy atom. The minimum atomic E-state index is -0.404. The third-order valence-electron chi connectivity index (χ3n) is 5.91. The van der Waals surface area contributed by atoms with Crippen LogP contribution in [0.1, 0.15) is 49.8 Å². The van der Waals surface area contributed by atoms with E-state index in [9.17, 15) is 19.6 Å². The van der Waals surface area contributed by atoms with Crippen LogP contribution in [0.2, 0.25) is 0 Å². The molecule has 2 saturated heterocycles. The van der Waals surface area contributed by atoms with Crippen LogP contribution in [-0.4, -0.2) is 51.9 Å². The van der Waals surface area contributed by atoms with Crippen molar-refractivity contribution in [3.05, 3.63) is 31.9 Å². The van der Waals surface area contributed by atoms with E-state index in [-0.39, 0.29) is 23.4 Å². The van der Waals surface area contributed by atoms with Crippen LogP contribution in [0.25, 0.3) is 6.08 Å². The van der Waals surface area contributed by atoms with Gasteiger partial charge in [0.1, 0.15) is 21.8 Å². The van der Waals surface area contributed by atoms with E-state index in [0.29, 0.717) is 58.8 Å². The number of esters is 1. The van der Waals surface area contributed by atoms with E-state index >= 15 is 0 Å². The second-order valence-corrected chi connectivity index (χ2v) is 9.76. The van der Waals surface area contributed by atoms with E-state index in [2.05, 4.69) is 0 Å². The number of nitriles is 1. The van der Waals surface area contributed by atoms with Crippen LogP contribution in [-0.2, 0) is 21.4 Å². The normalized spacial score (nSPS) is 19.8. The van der Waals surface area contributed by atoms with Gasteiger partial charge in [-0.1, -0.05) is 30.9 Å². The lowest BCUT2D eigenvalue weighted by molar-refractivity contribution is -0.148. The van der Waals surface area contributed by atoms with Crippen molar-refractivity contribution in [1.82, 2.24) is 9.47 Å². The number of pyridine rings is 1. The van der Waals surface area contributed by atoms with E-state index in [0.717, 1.165) is 12.8 Å². The monoisotopic (exact) mass is 488 g/mol. The molecule has 2 fully saturated rings. The molecule has 3 rings (SSSR count). The lowest BCUT2D eigenvalue weighted by Gasteiger charge is -2.35. The number of thiocarbonyl (C=S) groups is 1. The first-order valence-electron chi connectivity index (χ1n) is 11.1. The predicted molar refractivity (Wildman–Crippen MR) is 133 cm³/mol. The fourth-order valence-corrected chi connectivity index (χ4v) is 5.55. The molecule has 1 amide bonds. The van der Waals surface area contributed by atoms with Gasteiger partial charge in [-0.05, 0) is 44.7 Å². The summed E-state index contributed by atoms with van der Waals surface area (Å²) in [6, 6.07) is 2.01. The minimum Gasteiger partial charge on any atom is -0.466 e. The van der Waals surface area contributed by atoms with Gasteiger partial charge in [-0.2, -0.15) is 5.26 Å². The number of aromatic nitrogens is 1. The van der Waals surface area contributed by atoms with E-state index in [1.54, 1.807) is 31.9 Å². The minimum absolute atomic E-state index is 0.0375. The molecule has 176 valence electrons. The van der Waals surface area contributed by atoms with Gasteiger partial charge >= 0.3 is 5.97 Å². The summed E-state index contributed by atoms with van der Waals surface area (Å²) in [7, 11) is 1.62. The first-order valence-corrected chi connectivity index (χ1v) is 12.3. The summed E-state index contributed by atoms with van der Waals surface area (Å²) in [6.07, 6.45) is 3.98. The SMILES string of the molecule is CCCN1C(=O)/C(=C\c2c(C)c(C#N)c(=O)n(C)c2N2CCCC(C(=O)OCC)C2)SC1=S. The van der Waals surface area contributed by atoms with Crippen LogP contribution >= 0.6 is 24.0 Å². The Morgan fingerprint density at radius 1 is 1.36 bits per heavy atom. The van der Waals surface area contributed by atoms with Crippen molar-refractivity contribution >= 4 is 52.1 Å². The molecule has 10 heteroatoms. The maximum Gasteiger partial charge on any atom is 0.310 e. The number of ether oxygens (including phenoxy) is 1. The van der Waals surface area contributed by atoms with Crippen molar-refractivity contribution in [3.8, 4) is 6.07 Å². The van der Waals surface area contributed by atoms with Crippen molar-refractivity contribution in [2.45, 2.75) is 40.0 Å². The highest BCUT2D eigenvalue weighted by molar-refractivity contribution is 8.26. The lowest BCUT2D eigenvalue weighted by Crippen LogP contribution is -2.42. The molecule has 0 bridgehead atoms. The molecule has 0 radical (unpaired) electrons. The molecule has 8 nitrogen and oxygen atoms in total. The average molecular weight is 489 g/mol. The highest BCUT2D eigenvalue weighted by Crippen LogP contribution is 2.36. The Labute approximate surface area is 203 Å². The van der Waals surface area contributed by atoms with Crippen molar-refractivity contribution in [2.75, 3.05) is 31.1 Å². The Morgan fingerprint density at radius 3 is 2.73 bits per heavy atom. The quantitative estimate of drug-likeness (QED) is 0.343. The summed E-state index contributed by atoms with van der Waals surface area (Å²) in [4.78, 5) is 42.3. The summed E-state index contributed by atoms with van der Waals surface area (Å²) in [5, 5.41) is 9.63. The number of anilines is 1. The molecule has 3 heterocycles. The number of hydrogen-bond acceptors (Lipinski definition) is 8. The first kappa shape index (κ1) is 25.0. The van der Waals surface area contributed by atoms with Crippen LogP contribution in [0, 0.1) is 24.2 Å². The van der Waals surface area contributed by atoms with Gasteiger partial charge in [-0.15, -0.1) is 0 Å². The third kappa shape index (κ3) is 4.84. The van der Waals surface area contributed by atoms with E-state index in [1.807, 2.05) is 17.9 Å². The smallest absolute Gasteiger partial charge is 0.310 e. The number of rotatable bonds is 6. The van der Waals surface area contributed by atoms with Gasteiger partial charge < -0.3 is 9.64 Å². The van der Waals surface area contributed by atoms with Crippen LogP contribution in [0.15, 0.2) is 9.70 Å². The molecular formula is C23H28N4O4S2. The van der Waals surface area contributed by atoms with Gasteiger partial charge in [-0.3, -0.25) is 23.9 Å². The summed E-state index contributed by atoms with van der Waals surface area (Å²) in [5.41, 5.74) is 0.763. The van der Waals surface area contributed by atoms with Crippen LogP contribution in [0.5, 0.6) is 0 Å². The molecule has 0 aliphatic carbocycles. The fourth-order valence-electron chi connectivity index (χ4n) is 4.26. The van der Waals surface area contributed by atoms with Gasteiger partial charge in [0.15, 0.2) is 0 Å². The van der Waals surface area contributed by atoms with E-state index in [1.165, 1.54) is 16.3 Å². The Balaban J connectivity index is 2.13. The number of carbonyl (C=O) groups excluding carboxylic acids is 2. The van der Waals surface area contributed by atoms with Crippen LogP contribution in [0.3, 0.4) is 0 Å². The first-order chi connectivity index (χ1) is 15.7. The number of hydrogen-bond donors (Lipinski definition) is 0. The fraction of sp³-hybridized carbons (Fsp3) is 0.522. The summed E-state index contributed by atoms with van der Waals surface area (Å²) >= 11 is 6.61. The molecule has 2 aliphatic heterocycles. The highest BCUT2D eigenvalue weighted by Gasteiger charge is 2.34. The van der Waals surface area contributed by atoms with E-state index < -0.39 is 5.56 Å². The Bertz CT molecular complexity index is 1120. The number of thioether (sulfide) groups is 1. The molecule has 0 aromatic carbocycles. The molecule has 33 heavy (non-hydrogen) atoms. The summed E-state index contributed by atoms with van der Waals surface area (Å²) in [5.74, 6) is -0.140. The molecule has 0 N–H and O–H groups in total. The second-order valence-electron chi connectivity index (χ2n) is 8.08. The zero-order chi connectivity index (χ0) is 24.3. The highest BCUT2D eigenvalue weighted by atomic mass is 32.2. The Hall–Kier alpha value is -2.64. The zero-order valence-corrected chi connectivity index (χ0v) is 21.0. The van der Waals surface area contributed by atoms with Gasteiger partial charge in [0, 0.05) is 32.2 Å². The van der Waals surface area contributed by atoms with Crippen molar-refractivity contribution in [3.63, 3.8) is 0 Å². The van der Waals surface area contributed by atoms with Gasteiger partial charge in [-0.25, -0.2) is 0 Å². The summed E-state index contributed by atoms with van der Waals surface area (Å²) < 4.78 is 7.16. The van der Waals surface area contributed by atoms with Crippen LogP contribution < -0.4 is 10.5 Å². The molecular weight excluding hydrogens is 460 g/mol. The topological polar surface area (TPSA) is 95.6 Å². The Kier molecular flexibility index (Phi) is 7.97.